The lowest BCUT2D eigenvalue weighted by atomic mass is 10.1. The van der Waals surface area contributed by atoms with Crippen molar-refractivity contribution in [2.24, 2.45) is 18.4 Å². The average Bonchev–Trinajstić information content (AvgIpc) is 3.03. The Bertz CT molecular complexity index is 357. The molecule has 2 aliphatic carbocycles. The fraction of sp³-hybridized carbons (Fsp3) is 0.889. The van der Waals surface area contributed by atoms with Crippen LogP contribution in [0.25, 0.3) is 0 Å². The molecule has 1 heterocycles. The molecule has 0 amide bonds. The second-order valence-corrected chi connectivity index (χ2v) is 4.64. The zero-order valence-electron chi connectivity index (χ0n) is 8.22. The molecule has 2 atom stereocenters. The molecule has 2 saturated carbocycles. The quantitative estimate of drug-likeness (QED) is 0.730. The van der Waals surface area contributed by atoms with Gasteiger partial charge in [-0.1, -0.05) is 0 Å². The number of aromatic nitrogens is 4. The number of nitrogens with zero attached hydrogens (tertiary/aromatic N) is 4. The maximum Gasteiger partial charge on any atom is 0.177 e. The molecule has 5 heteroatoms. The van der Waals surface area contributed by atoms with Gasteiger partial charge < -0.3 is 5.11 Å². The van der Waals surface area contributed by atoms with E-state index in [0.717, 1.165) is 0 Å². The predicted octanol–water partition coefficient (Wildman–Crippen LogP) is -0.0864. The van der Waals surface area contributed by atoms with Crippen molar-refractivity contribution in [2.75, 3.05) is 0 Å². The number of hydrogen-bond acceptors (Lipinski definition) is 4. The molecule has 14 heavy (non-hydrogen) atoms. The fourth-order valence-electron chi connectivity index (χ4n) is 2.39. The zero-order chi connectivity index (χ0) is 9.76. The number of aliphatic hydroxyl groups is 1. The van der Waals surface area contributed by atoms with Crippen molar-refractivity contribution in [1.82, 2.24) is 20.2 Å². The second-order valence-electron chi connectivity index (χ2n) is 4.64. The summed E-state index contributed by atoms with van der Waals surface area (Å²) in [6.45, 7) is 0. The van der Waals surface area contributed by atoms with Gasteiger partial charge in [0.25, 0.3) is 0 Å². The number of tetrazole rings is 1. The van der Waals surface area contributed by atoms with Crippen LogP contribution in [-0.2, 0) is 13.5 Å². The van der Waals surface area contributed by atoms with Crippen LogP contribution < -0.4 is 0 Å². The molecule has 2 unspecified atom stereocenters. The van der Waals surface area contributed by atoms with Crippen molar-refractivity contribution in [1.29, 1.82) is 0 Å². The Morgan fingerprint density at radius 3 is 2.93 bits per heavy atom. The third kappa shape index (κ3) is 1.23. The molecular weight excluding hydrogens is 180 g/mol. The van der Waals surface area contributed by atoms with Crippen LogP contribution >= 0.6 is 0 Å². The number of hydrogen-bond donors (Lipinski definition) is 1. The van der Waals surface area contributed by atoms with Crippen LogP contribution in [0.3, 0.4) is 0 Å². The minimum atomic E-state index is -0.262. The van der Waals surface area contributed by atoms with E-state index in [1.54, 1.807) is 7.05 Å². The van der Waals surface area contributed by atoms with E-state index in [4.69, 9.17) is 0 Å². The molecule has 0 aliphatic heterocycles. The van der Waals surface area contributed by atoms with Gasteiger partial charge in [0.2, 0.25) is 0 Å². The SMILES string of the molecule is Cn1nnc(CC(O)C2CC23CC3)n1. The summed E-state index contributed by atoms with van der Waals surface area (Å²) < 4.78 is 0. The van der Waals surface area contributed by atoms with E-state index in [2.05, 4.69) is 15.4 Å². The Morgan fingerprint density at radius 2 is 2.43 bits per heavy atom. The molecule has 1 aromatic heterocycles. The summed E-state index contributed by atoms with van der Waals surface area (Å²) in [7, 11) is 1.74. The smallest absolute Gasteiger partial charge is 0.177 e. The normalized spacial score (nSPS) is 29.1. The Kier molecular flexibility index (Phi) is 1.51. The average molecular weight is 194 g/mol. The van der Waals surface area contributed by atoms with Crippen LogP contribution in [0.2, 0.25) is 0 Å². The lowest BCUT2D eigenvalue weighted by Gasteiger charge is -2.05. The predicted molar refractivity (Wildman–Crippen MR) is 48.3 cm³/mol. The summed E-state index contributed by atoms with van der Waals surface area (Å²) in [5.41, 5.74) is 0.543. The van der Waals surface area contributed by atoms with Gasteiger partial charge in [0, 0.05) is 6.42 Å². The Morgan fingerprint density at radius 1 is 1.64 bits per heavy atom. The maximum atomic E-state index is 9.91. The largest absolute Gasteiger partial charge is 0.392 e. The Labute approximate surface area is 82.1 Å². The minimum Gasteiger partial charge on any atom is -0.392 e. The molecular formula is C9H14N4O. The first kappa shape index (κ1) is 8.35. The third-order valence-corrected chi connectivity index (χ3v) is 3.55. The number of aliphatic hydroxyl groups excluding tert-OH is 1. The van der Waals surface area contributed by atoms with Crippen LogP contribution in [0.15, 0.2) is 0 Å². The minimum absolute atomic E-state index is 0.262. The summed E-state index contributed by atoms with van der Waals surface area (Å²) in [4.78, 5) is 1.43. The molecule has 0 bridgehead atoms. The molecule has 3 rings (SSSR count). The first-order chi connectivity index (χ1) is 6.70. The van der Waals surface area contributed by atoms with Crippen molar-refractivity contribution >= 4 is 0 Å². The number of aryl methyl sites for hydroxylation is 1. The molecule has 2 fully saturated rings. The van der Waals surface area contributed by atoms with Gasteiger partial charge in [-0.25, -0.2) is 0 Å². The lowest BCUT2D eigenvalue weighted by Crippen LogP contribution is -2.15. The van der Waals surface area contributed by atoms with E-state index in [1.807, 2.05) is 0 Å². The van der Waals surface area contributed by atoms with Gasteiger partial charge in [-0.05, 0) is 35.8 Å². The van der Waals surface area contributed by atoms with Crippen LogP contribution in [0.5, 0.6) is 0 Å². The van der Waals surface area contributed by atoms with E-state index in [9.17, 15) is 5.11 Å². The topological polar surface area (TPSA) is 63.8 Å². The van der Waals surface area contributed by atoms with Gasteiger partial charge in [0.1, 0.15) is 0 Å². The molecule has 0 aromatic carbocycles. The molecule has 1 aromatic rings. The number of rotatable bonds is 3. The Balaban J connectivity index is 1.62. The van der Waals surface area contributed by atoms with E-state index >= 15 is 0 Å². The highest BCUT2D eigenvalue weighted by atomic mass is 16.3. The van der Waals surface area contributed by atoms with Crippen LogP contribution in [0.1, 0.15) is 25.1 Å². The standard InChI is InChI=1S/C9H14N4O/c1-13-11-8(10-12-13)4-7(14)6-5-9(6)2-3-9/h6-7,14H,2-5H2,1H3. The van der Waals surface area contributed by atoms with Gasteiger partial charge in [-0.3, -0.25) is 0 Å². The van der Waals surface area contributed by atoms with Crippen LogP contribution in [0, 0.1) is 11.3 Å². The highest BCUT2D eigenvalue weighted by molar-refractivity contribution is 5.15. The summed E-state index contributed by atoms with van der Waals surface area (Å²) in [6.07, 6.45) is 4.11. The summed E-state index contributed by atoms with van der Waals surface area (Å²) in [5, 5.41) is 21.6. The molecule has 1 spiro atoms. The van der Waals surface area contributed by atoms with Crippen LogP contribution in [0.4, 0.5) is 0 Å². The first-order valence-corrected chi connectivity index (χ1v) is 5.11. The van der Waals surface area contributed by atoms with Gasteiger partial charge in [-0.2, -0.15) is 4.80 Å². The maximum absolute atomic E-state index is 9.91. The van der Waals surface area contributed by atoms with Gasteiger partial charge >= 0.3 is 0 Å². The molecule has 0 saturated heterocycles. The van der Waals surface area contributed by atoms with E-state index in [1.165, 1.54) is 24.1 Å². The second kappa shape index (κ2) is 2.53. The van der Waals surface area contributed by atoms with Crippen molar-refractivity contribution in [3.8, 4) is 0 Å². The monoisotopic (exact) mass is 194 g/mol. The third-order valence-electron chi connectivity index (χ3n) is 3.55. The van der Waals surface area contributed by atoms with Crippen molar-refractivity contribution < 1.29 is 5.11 Å². The van der Waals surface area contributed by atoms with Crippen molar-refractivity contribution in [3.63, 3.8) is 0 Å². The molecule has 5 nitrogen and oxygen atoms in total. The summed E-state index contributed by atoms with van der Waals surface area (Å²) in [5.74, 6) is 1.16. The van der Waals surface area contributed by atoms with Crippen molar-refractivity contribution in [2.45, 2.75) is 31.8 Å². The van der Waals surface area contributed by atoms with Gasteiger partial charge in [0.05, 0.1) is 13.2 Å². The molecule has 1 N–H and O–H groups in total. The van der Waals surface area contributed by atoms with Gasteiger partial charge in [0.15, 0.2) is 5.82 Å². The van der Waals surface area contributed by atoms with E-state index in [-0.39, 0.29) is 6.10 Å². The highest BCUT2D eigenvalue weighted by Crippen LogP contribution is 2.71. The lowest BCUT2D eigenvalue weighted by molar-refractivity contribution is 0.141. The van der Waals surface area contributed by atoms with Crippen LogP contribution in [-0.4, -0.2) is 31.4 Å². The van der Waals surface area contributed by atoms with Gasteiger partial charge in [-0.15, -0.1) is 10.2 Å². The fourth-order valence-corrected chi connectivity index (χ4v) is 2.39. The summed E-state index contributed by atoms with van der Waals surface area (Å²) >= 11 is 0. The zero-order valence-corrected chi connectivity index (χ0v) is 8.22. The van der Waals surface area contributed by atoms with E-state index in [0.29, 0.717) is 23.6 Å². The summed E-state index contributed by atoms with van der Waals surface area (Å²) in [6, 6.07) is 0. The molecule has 76 valence electrons. The highest BCUT2D eigenvalue weighted by Gasteiger charge is 2.64. The Hall–Kier alpha value is -0.970. The van der Waals surface area contributed by atoms with Crippen molar-refractivity contribution in [3.05, 3.63) is 5.82 Å². The molecule has 0 radical (unpaired) electrons. The van der Waals surface area contributed by atoms with E-state index < -0.39 is 0 Å². The first-order valence-electron chi connectivity index (χ1n) is 5.11. The molecule has 2 aliphatic rings.